The fourth-order valence-corrected chi connectivity index (χ4v) is 4.31. The second kappa shape index (κ2) is 5.00. The Kier molecular flexibility index (Phi) is 3.37. The van der Waals surface area contributed by atoms with Gasteiger partial charge in [0, 0.05) is 17.5 Å². The van der Waals surface area contributed by atoms with Gasteiger partial charge in [-0.05, 0) is 43.9 Å². The summed E-state index contributed by atoms with van der Waals surface area (Å²) in [6, 6.07) is 0. The molecule has 3 nitrogen and oxygen atoms in total. The predicted molar refractivity (Wildman–Crippen MR) is 72.3 cm³/mol. The zero-order valence-electron chi connectivity index (χ0n) is 10.8. The molecule has 2 aliphatic rings. The highest BCUT2D eigenvalue weighted by Gasteiger charge is 2.39. The maximum absolute atomic E-state index is 11.9. The van der Waals surface area contributed by atoms with E-state index >= 15 is 0 Å². The molecule has 1 amide bonds. The third-order valence-corrected chi connectivity index (χ3v) is 5.40. The molecule has 2 fully saturated rings. The number of fused-ring (bicyclic) bond motifs is 2. The quantitative estimate of drug-likeness (QED) is 0.908. The predicted octanol–water partition coefficient (Wildman–Crippen LogP) is 2.89. The van der Waals surface area contributed by atoms with Crippen molar-refractivity contribution in [1.29, 1.82) is 0 Å². The van der Waals surface area contributed by atoms with Gasteiger partial charge < -0.3 is 5.32 Å². The number of amides is 1. The lowest BCUT2D eigenvalue weighted by Gasteiger charge is -2.20. The van der Waals surface area contributed by atoms with Gasteiger partial charge in [-0.25, -0.2) is 4.98 Å². The second-order valence-corrected chi connectivity index (χ2v) is 6.74. The third-order valence-electron chi connectivity index (χ3n) is 4.44. The number of hydrogen-bond donors (Lipinski definition) is 1. The molecule has 18 heavy (non-hydrogen) atoms. The van der Waals surface area contributed by atoms with Crippen LogP contribution in [0.5, 0.6) is 0 Å². The molecule has 1 aromatic heterocycles. The van der Waals surface area contributed by atoms with Gasteiger partial charge in [0.15, 0.2) is 0 Å². The minimum atomic E-state index is 0.209. The summed E-state index contributed by atoms with van der Waals surface area (Å²) in [6.07, 6.45) is 6.15. The minimum Gasteiger partial charge on any atom is -0.350 e. The van der Waals surface area contributed by atoms with E-state index in [0.717, 1.165) is 29.0 Å². The topological polar surface area (TPSA) is 42.0 Å². The van der Waals surface area contributed by atoms with Crippen molar-refractivity contribution in [1.82, 2.24) is 10.3 Å². The summed E-state index contributed by atoms with van der Waals surface area (Å²) in [5, 5.41) is 6.04. The molecular formula is C14H20N2OS. The molecular weight excluding hydrogens is 244 g/mol. The van der Waals surface area contributed by atoms with Crippen molar-refractivity contribution in [3.63, 3.8) is 0 Å². The van der Waals surface area contributed by atoms with E-state index in [-0.39, 0.29) is 5.91 Å². The number of hydrogen-bond acceptors (Lipinski definition) is 3. The van der Waals surface area contributed by atoms with Crippen LogP contribution >= 0.6 is 11.3 Å². The molecule has 1 aromatic rings. The van der Waals surface area contributed by atoms with Gasteiger partial charge in [0.2, 0.25) is 5.91 Å². The summed E-state index contributed by atoms with van der Waals surface area (Å²) in [7, 11) is 0. The molecule has 2 bridgehead atoms. The largest absolute Gasteiger partial charge is 0.350 e. The van der Waals surface area contributed by atoms with E-state index in [1.54, 1.807) is 11.3 Å². The monoisotopic (exact) mass is 264 g/mol. The van der Waals surface area contributed by atoms with Crippen molar-refractivity contribution in [2.24, 2.45) is 17.8 Å². The average molecular weight is 264 g/mol. The van der Waals surface area contributed by atoms with Gasteiger partial charge in [0.1, 0.15) is 5.01 Å². The van der Waals surface area contributed by atoms with Crippen LogP contribution in [0.25, 0.3) is 0 Å². The summed E-state index contributed by atoms with van der Waals surface area (Å²) >= 11 is 1.62. The first-order valence-corrected chi connectivity index (χ1v) is 7.76. The smallest absolute Gasteiger partial charge is 0.220 e. The molecule has 4 heteroatoms. The Labute approximate surface area is 112 Å². The first kappa shape index (κ1) is 12.2. The van der Waals surface area contributed by atoms with Gasteiger partial charge in [-0.15, -0.1) is 11.3 Å². The molecule has 0 aromatic carbocycles. The van der Waals surface area contributed by atoms with Crippen molar-refractivity contribution >= 4 is 17.2 Å². The number of thiazole rings is 1. The maximum atomic E-state index is 11.9. The Morgan fingerprint density at radius 1 is 1.50 bits per heavy atom. The van der Waals surface area contributed by atoms with Crippen molar-refractivity contribution in [2.45, 2.75) is 45.6 Å². The van der Waals surface area contributed by atoms with E-state index < -0.39 is 0 Å². The van der Waals surface area contributed by atoms with Crippen LogP contribution in [0.1, 0.15) is 42.8 Å². The van der Waals surface area contributed by atoms with Crippen LogP contribution in [0.15, 0.2) is 5.38 Å². The van der Waals surface area contributed by atoms with Crippen molar-refractivity contribution in [3.8, 4) is 0 Å². The van der Waals surface area contributed by atoms with Crippen LogP contribution in [0.4, 0.5) is 0 Å². The number of nitrogens with one attached hydrogen (secondary N) is 1. The van der Waals surface area contributed by atoms with Gasteiger partial charge in [-0.1, -0.05) is 6.42 Å². The lowest BCUT2D eigenvalue weighted by atomic mass is 9.86. The molecule has 2 aliphatic carbocycles. The third kappa shape index (κ3) is 2.58. The van der Waals surface area contributed by atoms with E-state index in [0.29, 0.717) is 12.5 Å². The number of carbonyl (C=O) groups is 1. The first-order chi connectivity index (χ1) is 8.70. The van der Waals surface area contributed by atoms with E-state index in [2.05, 4.69) is 10.3 Å². The van der Waals surface area contributed by atoms with Crippen LogP contribution in [0.3, 0.4) is 0 Å². The van der Waals surface area contributed by atoms with Crippen LogP contribution < -0.4 is 5.32 Å². The summed E-state index contributed by atoms with van der Waals surface area (Å²) in [6.45, 7) is 2.58. The number of carbonyl (C=O) groups excluding carboxylic acids is 1. The van der Waals surface area contributed by atoms with Crippen molar-refractivity contribution in [3.05, 3.63) is 16.1 Å². The summed E-state index contributed by atoms with van der Waals surface area (Å²) in [4.78, 5) is 16.3. The Balaban J connectivity index is 1.45. The van der Waals surface area contributed by atoms with Crippen molar-refractivity contribution in [2.75, 3.05) is 0 Å². The first-order valence-electron chi connectivity index (χ1n) is 6.88. The van der Waals surface area contributed by atoms with Gasteiger partial charge >= 0.3 is 0 Å². The lowest BCUT2D eigenvalue weighted by Crippen LogP contribution is -2.26. The SMILES string of the molecule is Cc1csc(CNC(=O)C[C@H]2C[C@H]3CC[C@H]2C3)n1. The van der Waals surface area contributed by atoms with Crippen LogP contribution in [0.2, 0.25) is 0 Å². The Morgan fingerprint density at radius 2 is 2.39 bits per heavy atom. The highest BCUT2D eigenvalue weighted by atomic mass is 32.1. The fraction of sp³-hybridized carbons (Fsp3) is 0.714. The molecule has 2 saturated carbocycles. The molecule has 0 aliphatic heterocycles. The molecule has 1 heterocycles. The standard InChI is InChI=1S/C14H20N2OS/c1-9-8-18-14(16-9)7-15-13(17)6-12-5-10-2-3-11(12)4-10/h8,10-12H,2-7H2,1H3,(H,15,17)/t10-,11-,12+/m0/s1. The zero-order valence-corrected chi connectivity index (χ0v) is 11.6. The number of aromatic nitrogens is 1. The van der Waals surface area contributed by atoms with E-state index in [1.165, 1.54) is 25.7 Å². The van der Waals surface area contributed by atoms with E-state index in [4.69, 9.17) is 0 Å². The van der Waals surface area contributed by atoms with Crippen LogP contribution in [-0.2, 0) is 11.3 Å². The number of nitrogens with zero attached hydrogens (tertiary/aromatic N) is 1. The fourth-order valence-electron chi connectivity index (χ4n) is 3.59. The normalized spacial score (nSPS) is 29.7. The van der Waals surface area contributed by atoms with Crippen molar-refractivity contribution < 1.29 is 4.79 Å². The summed E-state index contributed by atoms with van der Waals surface area (Å²) < 4.78 is 0. The molecule has 0 unspecified atom stereocenters. The van der Waals surface area contributed by atoms with E-state index in [9.17, 15) is 4.79 Å². The van der Waals surface area contributed by atoms with Gasteiger partial charge in [0.05, 0.1) is 6.54 Å². The number of aryl methyl sites for hydroxylation is 1. The van der Waals surface area contributed by atoms with E-state index in [1.807, 2.05) is 12.3 Å². The molecule has 3 rings (SSSR count). The minimum absolute atomic E-state index is 0.209. The Hall–Kier alpha value is -0.900. The summed E-state index contributed by atoms with van der Waals surface area (Å²) in [5.41, 5.74) is 1.04. The average Bonchev–Trinajstić information content (AvgIpc) is 3.03. The number of rotatable bonds is 4. The molecule has 1 N–H and O–H groups in total. The molecule has 0 radical (unpaired) electrons. The maximum Gasteiger partial charge on any atom is 0.220 e. The highest BCUT2D eigenvalue weighted by molar-refractivity contribution is 7.09. The molecule has 3 atom stereocenters. The molecule has 0 spiro atoms. The second-order valence-electron chi connectivity index (χ2n) is 5.80. The van der Waals surface area contributed by atoms with Gasteiger partial charge in [0.25, 0.3) is 0 Å². The zero-order chi connectivity index (χ0) is 12.5. The van der Waals surface area contributed by atoms with Crippen LogP contribution in [-0.4, -0.2) is 10.9 Å². The van der Waals surface area contributed by atoms with Crippen LogP contribution in [0, 0.1) is 24.7 Å². The van der Waals surface area contributed by atoms with Gasteiger partial charge in [-0.2, -0.15) is 0 Å². The van der Waals surface area contributed by atoms with Gasteiger partial charge in [-0.3, -0.25) is 4.79 Å². The summed E-state index contributed by atoms with van der Waals surface area (Å²) in [5.74, 6) is 2.62. The molecule has 0 saturated heterocycles. The highest BCUT2D eigenvalue weighted by Crippen LogP contribution is 2.49. The Bertz CT molecular complexity index is 443. The molecule has 98 valence electrons. The Morgan fingerprint density at radius 3 is 3.00 bits per heavy atom. The lowest BCUT2D eigenvalue weighted by molar-refractivity contribution is -0.122.